The maximum absolute atomic E-state index is 12.3. The number of sulfonamides is 1. The van der Waals surface area contributed by atoms with E-state index in [9.17, 15) is 8.42 Å². The van der Waals surface area contributed by atoms with Gasteiger partial charge in [-0.05, 0) is 42.7 Å². The van der Waals surface area contributed by atoms with Crippen LogP contribution >= 0.6 is 0 Å². The lowest BCUT2D eigenvalue weighted by Crippen LogP contribution is -2.15. The Hall–Kier alpha value is -1.92. The highest BCUT2D eigenvalue weighted by Gasteiger charge is 2.16. The van der Waals surface area contributed by atoms with Crippen LogP contribution in [0.4, 0.5) is 5.69 Å². The van der Waals surface area contributed by atoms with E-state index in [0.717, 1.165) is 16.7 Å². The van der Waals surface area contributed by atoms with Gasteiger partial charge >= 0.3 is 0 Å². The van der Waals surface area contributed by atoms with Crippen LogP contribution in [0.2, 0.25) is 0 Å². The Morgan fingerprint density at radius 2 is 1.95 bits per heavy atom. The lowest BCUT2D eigenvalue weighted by Gasteiger charge is -2.11. The lowest BCUT2D eigenvalue weighted by molar-refractivity contribution is 0.597. The second-order valence-electron chi connectivity index (χ2n) is 4.63. The van der Waals surface area contributed by atoms with Crippen molar-refractivity contribution in [2.45, 2.75) is 25.4 Å². The van der Waals surface area contributed by atoms with E-state index in [1.165, 1.54) is 12.3 Å². The fourth-order valence-corrected chi connectivity index (χ4v) is 2.79. The predicted molar refractivity (Wildman–Crippen MR) is 78.9 cm³/mol. The Labute approximate surface area is 118 Å². The molecule has 3 N–H and O–H groups in total. The molecule has 0 saturated heterocycles. The summed E-state index contributed by atoms with van der Waals surface area (Å²) in [5, 5.41) is -0.0180. The Balaban J connectivity index is 2.32. The Kier molecular flexibility index (Phi) is 4.06. The number of nitrogens with two attached hydrogens (primary N) is 1. The summed E-state index contributed by atoms with van der Waals surface area (Å²) in [5.41, 5.74) is 8.66. The molecule has 5 nitrogen and oxygen atoms in total. The summed E-state index contributed by atoms with van der Waals surface area (Å²) in [7, 11) is -3.68. The number of pyridine rings is 1. The molecule has 1 aromatic heterocycles. The maximum atomic E-state index is 12.3. The fourth-order valence-electron chi connectivity index (χ4n) is 1.73. The van der Waals surface area contributed by atoms with Crippen LogP contribution in [0.25, 0.3) is 0 Å². The Bertz CT molecular complexity index is 710. The SMILES string of the molecule is Cc1ccc(C)c(NS(=O)(=O)c2ccc(CN)cn2)c1. The summed E-state index contributed by atoms with van der Waals surface area (Å²) in [6.45, 7) is 4.09. The molecule has 1 heterocycles. The lowest BCUT2D eigenvalue weighted by atomic mass is 10.1. The summed E-state index contributed by atoms with van der Waals surface area (Å²) in [6.07, 6.45) is 1.47. The van der Waals surface area contributed by atoms with Gasteiger partial charge in [-0.1, -0.05) is 18.2 Å². The molecule has 1 aromatic carbocycles. The maximum Gasteiger partial charge on any atom is 0.279 e. The molecule has 0 aliphatic heterocycles. The van der Waals surface area contributed by atoms with Crippen molar-refractivity contribution in [3.8, 4) is 0 Å². The van der Waals surface area contributed by atoms with E-state index in [1.54, 1.807) is 12.1 Å². The van der Waals surface area contributed by atoms with Gasteiger partial charge in [-0.15, -0.1) is 0 Å². The molecule has 0 amide bonds. The van der Waals surface area contributed by atoms with E-state index in [0.29, 0.717) is 12.2 Å². The van der Waals surface area contributed by atoms with Crippen LogP contribution in [0.1, 0.15) is 16.7 Å². The molecule has 0 bridgehead atoms. The fraction of sp³-hybridized carbons (Fsp3) is 0.214. The zero-order chi connectivity index (χ0) is 14.8. The van der Waals surface area contributed by atoms with Gasteiger partial charge in [-0.25, -0.2) is 4.98 Å². The van der Waals surface area contributed by atoms with Gasteiger partial charge in [-0.3, -0.25) is 4.72 Å². The zero-order valence-corrected chi connectivity index (χ0v) is 12.2. The first kappa shape index (κ1) is 14.5. The van der Waals surface area contributed by atoms with Gasteiger partial charge in [0.05, 0.1) is 5.69 Å². The van der Waals surface area contributed by atoms with Crippen LogP contribution in [0.15, 0.2) is 41.6 Å². The molecule has 2 aromatic rings. The summed E-state index contributed by atoms with van der Waals surface area (Å²) < 4.78 is 27.1. The topological polar surface area (TPSA) is 85.1 Å². The summed E-state index contributed by atoms with van der Waals surface area (Å²) in [5.74, 6) is 0. The van der Waals surface area contributed by atoms with Crippen LogP contribution in [-0.4, -0.2) is 13.4 Å². The van der Waals surface area contributed by atoms with Crippen LogP contribution in [0.5, 0.6) is 0 Å². The van der Waals surface area contributed by atoms with Crippen molar-refractivity contribution in [1.29, 1.82) is 0 Å². The van der Waals surface area contributed by atoms with E-state index in [1.807, 2.05) is 26.0 Å². The number of hydrogen-bond acceptors (Lipinski definition) is 4. The highest BCUT2D eigenvalue weighted by atomic mass is 32.2. The number of anilines is 1. The number of benzene rings is 1. The zero-order valence-electron chi connectivity index (χ0n) is 11.4. The minimum atomic E-state index is -3.68. The quantitative estimate of drug-likeness (QED) is 0.901. The summed E-state index contributed by atoms with van der Waals surface area (Å²) >= 11 is 0. The van der Waals surface area contributed by atoms with Gasteiger partial charge in [0, 0.05) is 12.7 Å². The number of aryl methyl sites for hydroxylation is 2. The van der Waals surface area contributed by atoms with Gasteiger partial charge in [0.1, 0.15) is 0 Å². The molecular weight excluding hydrogens is 274 g/mol. The first-order valence-corrected chi connectivity index (χ1v) is 7.66. The molecule has 20 heavy (non-hydrogen) atoms. The highest BCUT2D eigenvalue weighted by Crippen LogP contribution is 2.20. The third-order valence-electron chi connectivity index (χ3n) is 2.95. The monoisotopic (exact) mass is 291 g/mol. The summed E-state index contributed by atoms with van der Waals surface area (Å²) in [6, 6.07) is 8.71. The average Bonchev–Trinajstić information content (AvgIpc) is 2.43. The highest BCUT2D eigenvalue weighted by molar-refractivity contribution is 7.92. The second kappa shape index (κ2) is 5.60. The van der Waals surface area contributed by atoms with Crippen LogP contribution in [0.3, 0.4) is 0 Å². The van der Waals surface area contributed by atoms with Crippen LogP contribution in [0, 0.1) is 13.8 Å². The van der Waals surface area contributed by atoms with Gasteiger partial charge in [0.25, 0.3) is 10.0 Å². The molecule has 0 aliphatic rings. The van der Waals surface area contributed by atoms with Gasteiger partial charge in [0.2, 0.25) is 0 Å². The molecule has 0 radical (unpaired) electrons. The number of aromatic nitrogens is 1. The number of rotatable bonds is 4. The van der Waals surface area contributed by atoms with E-state index >= 15 is 0 Å². The molecule has 0 saturated carbocycles. The smallest absolute Gasteiger partial charge is 0.279 e. The molecule has 0 unspecified atom stereocenters. The molecule has 0 atom stereocenters. The predicted octanol–water partition coefficient (Wildman–Crippen LogP) is 1.96. The molecule has 106 valence electrons. The van der Waals surface area contributed by atoms with Crippen molar-refractivity contribution in [3.63, 3.8) is 0 Å². The molecule has 0 aliphatic carbocycles. The van der Waals surface area contributed by atoms with Crippen molar-refractivity contribution >= 4 is 15.7 Å². The van der Waals surface area contributed by atoms with Crippen LogP contribution in [-0.2, 0) is 16.6 Å². The standard InChI is InChI=1S/C14H17N3O2S/c1-10-3-4-11(2)13(7-10)17-20(18,19)14-6-5-12(8-15)9-16-14/h3-7,9,17H,8,15H2,1-2H3. The molecule has 6 heteroatoms. The van der Waals surface area contributed by atoms with E-state index in [-0.39, 0.29) is 5.03 Å². The van der Waals surface area contributed by atoms with Crippen molar-refractivity contribution in [1.82, 2.24) is 4.98 Å². The molecule has 0 spiro atoms. The number of nitrogens with zero attached hydrogens (tertiary/aromatic N) is 1. The normalized spacial score (nSPS) is 11.3. The van der Waals surface area contributed by atoms with Gasteiger partial charge in [0.15, 0.2) is 5.03 Å². The molecule has 0 fully saturated rings. The second-order valence-corrected chi connectivity index (χ2v) is 6.26. The minimum absolute atomic E-state index is 0.0180. The van der Waals surface area contributed by atoms with Crippen molar-refractivity contribution in [2.24, 2.45) is 5.73 Å². The third kappa shape index (κ3) is 3.15. The molecular formula is C14H17N3O2S. The van der Waals surface area contributed by atoms with E-state index in [2.05, 4.69) is 9.71 Å². The first-order valence-electron chi connectivity index (χ1n) is 6.17. The molecule has 2 rings (SSSR count). The van der Waals surface area contributed by atoms with E-state index in [4.69, 9.17) is 5.73 Å². The largest absolute Gasteiger partial charge is 0.326 e. The summed E-state index contributed by atoms with van der Waals surface area (Å²) in [4.78, 5) is 3.94. The average molecular weight is 291 g/mol. The van der Waals surface area contributed by atoms with Gasteiger partial charge in [-0.2, -0.15) is 8.42 Å². The third-order valence-corrected chi connectivity index (χ3v) is 4.23. The first-order chi connectivity index (χ1) is 9.42. The van der Waals surface area contributed by atoms with Gasteiger partial charge < -0.3 is 5.73 Å². The minimum Gasteiger partial charge on any atom is -0.326 e. The van der Waals surface area contributed by atoms with Crippen molar-refractivity contribution in [2.75, 3.05) is 4.72 Å². The number of nitrogens with one attached hydrogen (secondary N) is 1. The van der Waals surface area contributed by atoms with Crippen molar-refractivity contribution < 1.29 is 8.42 Å². The van der Waals surface area contributed by atoms with Crippen molar-refractivity contribution in [3.05, 3.63) is 53.2 Å². The Morgan fingerprint density at radius 1 is 1.20 bits per heavy atom. The number of hydrogen-bond donors (Lipinski definition) is 2. The van der Waals surface area contributed by atoms with E-state index < -0.39 is 10.0 Å². The Morgan fingerprint density at radius 3 is 2.55 bits per heavy atom. The van der Waals surface area contributed by atoms with Crippen LogP contribution < -0.4 is 10.5 Å².